The fourth-order valence-corrected chi connectivity index (χ4v) is 6.75. The number of likely N-dealkylation sites (N-methyl/N-ethyl adjacent to an activating group) is 1. The summed E-state index contributed by atoms with van der Waals surface area (Å²) in [6, 6.07) is 5.51. The molecule has 4 aliphatic rings. The van der Waals surface area contributed by atoms with Crippen LogP contribution in [0.25, 0.3) is 0 Å². The SMILES string of the molecule is CCC(CCC1N2CCC13C(=C(C)C2)N(C)c1cc(C)c(C)cc13)C1OCCO1. The molecule has 2 saturated heterocycles. The first-order valence-corrected chi connectivity index (χ1v) is 11.5. The summed E-state index contributed by atoms with van der Waals surface area (Å²) in [6.45, 7) is 13.0. The number of benzene rings is 1. The molecule has 158 valence electrons. The lowest BCUT2D eigenvalue weighted by atomic mass is 9.68. The van der Waals surface area contributed by atoms with Crippen molar-refractivity contribution < 1.29 is 9.47 Å². The average Bonchev–Trinajstić information content (AvgIpc) is 3.36. The van der Waals surface area contributed by atoms with Crippen LogP contribution in [0, 0.1) is 19.8 Å². The maximum Gasteiger partial charge on any atom is 0.160 e. The number of fused-ring (bicyclic) bond motifs is 2. The molecule has 4 heteroatoms. The highest BCUT2D eigenvalue weighted by Gasteiger charge is 2.59. The number of hydrogen-bond donors (Lipinski definition) is 0. The molecule has 4 unspecified atom stereocenters. The molecular weight excluding hydrogens is 360 g/mol. The van der Waals surface area contributed by atoms with Crippen molar-refractivity contribution in [2.45, 2.75) is 71.1 Å². The monoisotopic (exact) mass is 396 g/mol. The van der Waals surface area contributed by atoms with E-state index in [1.165, 1.54) is 42.6 Å². The van der Waals surface area contributed by atoms with E-state index in [9.17, 15) is 0 Å². The first-order valence-electron chi connectivity index (χ1n) is 11.5. The third kappa shape index (κ3) is 2.75. The highest BCUT2D eigenvalue weighted by molar-refractivity contribution is 5.74. The zero-order chi connectivity index (χ0) is 20.3. The van der Waals surface area contributed by atoms with Crippen LogP contribution in [0.5, 0.6) is 0 Å². The Hall–Kier alpha value is -1.36. The topological polar surface area (TPSA) is 24.9 Å². The third-order valence-corrected chi connectivity index (χ3v) is 8.23. The zero-order valence-electron chi connectivity index (χ0n) is 18.8. The number of rotatable bonds is 5. The molecule has 1 aromatic carbocycles. The van der Waals surface area contributed by atoms with Crippen LogP contribution in [-0.2, 0) is 14.9 Å². The van der Waals surface area contributed by atoms with E-state index in [1.807, 2.05) is 0 Å². The fraction of sp³-hybridized carbons (Fsp3) is 0.680. The number of ether oxygens (including phenoxy) is 2. The van der Waals surface area contributed by atoms with Crippen molar-refractivity contribution in [2.75, 3.05) is 38.3 Å². The van der Waals surface area contributed by atoms with Crippen LogP contribution in [-0.4, -0.2) is 50.6 Å². The Morgan fingerprint density at radius 2 is 1.86 bits per heavy atom. The lowest BCUT2D eigenvalue weighted by Crippen LogP contribution is -2.49. The minimum absolute atomic E-state index is 0.00826. The first-order chi connectivity index (χ1) is 14.0. The highest BCUT2D eigenvalue weighted by Crippen LogP contribution is 2.59. The van der Waals surface area contributed by atoms with Crippen LogP contribution in [0.4, 0.5) is 5.69 Å². The summed E-state index contributed by atoms with van der Waals surface area (Å²) in [5.41, 5.74) is 9.15. The second kappa shape index (κ2) is 7.11. The average molecular weight is 397 g/mol. The molecule has 2 fully saturated rings. The van der Waals surface area contributed by atoms with Gasteiger partial charge in [0.15, 0.2) is 6.29 Å². The minimum Gasteiger partial charge on any atom is -0.350 e. The van der Waals surface area contributed by atoms with Gasteiger partial charge in [-0.3, -0.25) is 4.90 Å². The van der Waals surface area contributed by atoms with Gasteiger partial charge in [0.25, 0.3) is 0 Å². The summed E-state index contributed by atoms with van der Waals surface area (Å²) < 4.78 is 11.7. The predicted molar refractivity (Wildman–Crippen MR) is 117 cm³/mol. The van der Waals surface area contributed by atoms with Crippen LogP contribution in [0.15, 0.2) is 23.4 Å². The molecule has 4 aliphatic heterocycles. The molecule has 1 aromatic rings. The summed E-state index contributed by atoms with van der Waals surface area (Å²) >= 11 is 0. The number of hydrogen-bond acceptors (Lipinski definition) is 4. The largest absolute Gasteiger partial charge is 0.350 e. The normalized spacial score (nSPS) is 32.1. The van der Waals surface area contributed by atoms with Gasteiger partial charge in [0.1, 0.15) is 0 Å². The van der Waals surface area contributed by atoms with E-state index >= 15 is 0 Å². The van der Waals surface area contributed by atoms with Crippen molar-refractivity contribution in [2.24, 2.45) is 5.92 Å². The Morgan fingerprint density at radius 3 is 2.59 bits per heavy atom. The van der Waals surface area contributed by atoms with Crippen molar-refractivity contribution in [3.05, 3.63) is 40.1 Å². The lowest BCUT2D eigenvalue weighted by molar-refractivity contribution is -0.0880. The van der Waals surface area contributed by atoms with E-state index in [0.29, 0.717) is 12.0 Å². The number of anilines is 1. The summed E-state index contributed by atoms with van der Waals surface area (Å²) in [4.78, 5) is 5.29. The van der Waals surface area contributed by atoms with Gasteiger partial charge in [-0.25, -0.2) is 0 Å². The molecule has 0 aliphatic carbocycles. The first kappa shape index (κ1) is 19.6. The molecule has 0 N–H and O–H groups in total. The summed E-state index contributed by atoms with van der Waals surface area (Å²) in [7, 11) is 2.29. The van der Waals surface area contributed by atoms with E-state index in [1.54, 1.807) is 16.8 Å². The highest BCUT2D eigenvalue weighted by atomic mass is 16.7. The van der Waals surface area contributed by atoms with Gasteiger partial charge in [-0.2, -0.15) is 0 Å². The van der Waals surface area contributed by atoms with Crippen LogP contribution in [0.3, 0.4) is 0 Å². The Labute approximate surface area is 175 Å². The standard InChI is InChI=1S/C25H36N2O2/c1-6-19(24-28-11-12-29-24)7-8-22-25-9-10-27(22)15-18(4)23(25)26(5)21-14-17(3)16(2)13-20(21)25/h13-14,19,22,24H,6-12,15H2,1-5H3. The smallest absolute Gasteiger partial charge is 0.160 e. The molecule has 1 spiro atoms. The van der Waals surface area contributed by atoms with E-state index in [2.05, 4.69) is 56.7 Å². The predicted octanol–water partition coefficient (Wildman–Crippen LogP) is 4.53. The van der Waals surface area contributed by atoms with Crippen molar-refractivity contribution >= 4 is 5.69 Å². The molecule has 0 radical (unpaired) electrons. The zero-order valence-corrected chi connectivity index (χ0v) is 18.8. The van der Waals surface area contributed by atoms with Crippen molar-refractivity contribution in [1.29, 1.82) is 0 Å². The van der Waals surface area contributed by atoms with E-state index in [4.69, 9.17) is 9.47 Å². The maximum absolute atomic E-state index is 5.87. The Kier molecular flexibility index (Phi) is 4.80. The summed E-state index contributed by atoms with van der Waals surface area (Å²) in [6.07, 6.45) is 4.78. The summed E-state index contributed by atoms with van der Waals surface area (Å²) in [5, 5.41) is 0. The van der Waals surface area contributed by atoms with Crippen molar-refractivity contribution in [3.8, 4) is 0 Å². The van der Waals surface area contributed by atoms with Crippen molar-refractivity contribution in [3.63, 3.8) is 0 Å². The molecule has 2 bridgehead atoms. The molecule has 0 aromatic heterocycles. The van der Waals surface area contributed by atoms with Crippen molar-refractivity contribution in [1.82, 2.24) is 4.90 Å². The molecule has 0 amide bonds. The molecule has 4 atom stereocenters. The van der Waals surface area contributed by atoms with Gasteiger partial charge in [-0.05, 0) is 74.8 Å². The van der Waals surface area contributed by atoms with E-state index in [-0.39, 0.29) is 11.7 Å². The Morgan fingerprint density at radius 1 is 1.14 bits per heavy atom. The Bertz CT molecular complexity index is 841. The second-order valence-electron chi connectivity index (χ2n) is 9.70. The van der Waals surface area contributed by atoms with Gasteiger partial charge < -0.3 is 14.4 Å². The number of aryl methyl sites for hydroxylation is 2. The van der Waals surface area contributed by atoms with Gasteiger partial charge in [0, 0.05) is 43.5 Å². The molecular formula is C25H36N2O2. The summed E-state index contributed by atoms with van der Waals surface area (Å²) in [5.74, 6) is 0.503. The van der Waals surface area contributed by atoms with Gasteiger partial charge in [0.05, 0.1) is 18.6 Å². The van der Waals surface area contributed by atoms with Gasteiger partial charge in [-0.1, -0.05) is 13.0 Å². The van der Waals surface area contributed by atoms with Crippen LogP contribution in [0.1, 0.15) is 56.2 Å². The third-order valence-electron chi connectivity index (χ3n) is 8.23. The van der Waals surface area contributed by atoms with E-state index < -0.39 is 0 Å². The van der Waals surface area contributed by atoms with Gasteiger partial charge in [0.2, 0.25) is 0 Å². The van der Waals surface area contributed by atoms with Crippen LogP contribution in [0.2, 0.25) is 0 Å². The fourth-order valence-electron chi connectivity index (χ4n) is 6.75. The molecule has 0 saturated carbocycles. The maximum atomic E-state index is 5.87. The lowest BCUT2D eigenvalue weighted by Gasteiger charge is -2.43. The molecule has 4 heterocycles. The van der Waals surface area contributed by atoms with Crippen LogP contribution >= 0.6 is 0 Å². The molecule has 5 rings (SSSR count). The Balaban J connectivity index is 1.51. The minimum atomic E-state index is 0.00826. The van der Waals surface area contributed by atoms with E-state index in [0.717, 1.165) is 26.2 Å². The number of nitrogens with zero attached hydrogens (tertiary/aromatic N) is 2. The quantitative estimate of drug-likeness (QED) is 0.730. The second-order valence-corrected chi connectivity index (χ2v) is 9.70. The molecule has 29 heavy (non-hydrogen) atoms. The van der Waals surface area contributed by atoms with Gasteiger partial charge >= 0.3 is 0 Å². The molecule has 4 nitrogen and oxygen atoms in total. The van der Waals surface area contributed by atoms with Gasteiger partial charge in [-0.15, -0.1) is 0 Å². The van der Waals surface area contributed by atoms with Crippen LogP contribution < -0.4 is 4.90 Å².